The largest absolute Gasteiger partial charge is 0.382 e. The van der Waals surface area contributed by atoms with Crippen LogP contribution < -0.4 is 4.72 Å². The Morgan fingerprint density at radius 1 is 1.43 bits per heavy atom. The van der Waals surface area contributed by atoms with Crippen molar-refractivity contribution in [3.05, 3.63) is 0 Å². The van der Waals surface area contributed by atoms with Crippen LogP contribution in [0.1, 0.15) is 0 Å². The van der Waals surface area contributed by atoms with Crippen LogP contribution in [0.25, 0.3) is 0 Å². The molecule has 1 unspecified atom stereocenters. The summed E-state index contributed by atoms with van der Waals surface area (Å²) in [5.74, 6) is -0.00473. The highest BCUT2D eigenvalue weighted by Gasteiger charge is 2.13. The van der Waals surface area contributed by atoms with Gasteiger partial charge in [0.1, 0.15) is 0 Å². The maximum absolute atomic E-state index is 11.2. The summed E-state index contributed by atoms with van der Waals surface area (Å²) in [6.45, 7) is 0.545. The van der Waals surface area contributed by atoms with Crippen molar-refractivity contribution in [1.29, 1.82) is 0 Å². The van der Waals surface area contributed by atoms with Gasteiger partial charge in [0.2, 0.25) is 10.0 Å². The van der Waals surface area contributed by atoms with Crippen LogP contribution in [0, 0.1) is 0 Å². The molecule has 0 saturated carbocycles. The van der Waals surface area contributed by atoms with E-state index >= 15 is 0 Å². The fraction of sp³-hybridized carbons (Fsp3) is 1.00. The number of sulfonamides is 1. The second-order valence-electron chi connectivity index (χ2n) is 2.67. The summed E-state index contributed by atoms with van der Waals surface area (Å²) in [5.41, 5.74) is 0. The molecule has 0 aliphatic carbocycles. The minimum atomic E-state index is -3.27. The van der Waals surface area contributed by atoms with E-state index in [1.807, 2.05) is 0 Å². The lowest BCUT2D eigenvalue weighted by Crippen LogP contribution is -2.37. The van der Waals surface area contributed by atoms with Crippen LogP contribution in [0.5, 0.6) is 0 Å². The molecule has 0 saturated heterocycles. The number of halogens is 1. The van der Waals surface area contributed by atoms with Gasteiger partial charge in [-0.15, -0.1) is 11.6 Å². The molecule has 0 radical (unpaired) electrons. The predicted molar refractivity (Wildman–Crippen MR) is 55.2 cm³/mol. The Morgan fingerprint density at radius 2 is 2.07 bits per heavy atom. The first-order valence-corrected chi connectivity index (χ1v) is 6.29. The minimum Gasteiger partial charge on any atom is -0.382 e. The number of rotatable bonds is 8. The second kappa shape index (κ2) is 7.42. The van der Waals surface area contributed by atoms with Crippen molar-refractivity contribution < 1.29 is 17.9 Å². The number of methoxy groups -OCH3 is 2. The number of ether oxygens (including phenoxy) is 2. The first kappa shape index (κ1) is 14.1. The number of hydrogen-bond acceptors (Lipinski definition) is 4. The molecule has 0 rings (SSSR count). The lowest BCUT2D eigenvalue weighted by atomic mass is 10.4. The molecule has 1 N–H and O–H groups in total. The van der Waals surface area contributed by atoms with Crippen LogP contribution in [-0.4, -0.2) is 53.5 Å². The molecule has 0 aliphatic heterocycles. The zero-order valence-corrected chi connectivity index (χ0v) is 9.90. The molecule has 1 atom stereocenters. The molecule has 0 aromatic heterocycles. The van der Waals surface area contributed by atoms with E-state index in [2.05, 4.69) is 4.72 Å². The van der Waals surface area contributed by atoms with Gasteiger partial charge in [-0.1, -0.05) is 0 Å². The third-order valence-electron chi connectivity index (χ3n) is 1.56. The van der Waals surface area contributed by atoms with E-state index < -0.39 is 10.0 Å². The smallest absolute Gasteiger partial charge is 0.212 e. The molecular weight excluding hydrogens is 230 g/mol. The Balaban J connectivity index is 3.89. The van der Waals surface area contributed by atoms with Crippen molar-refractivity contribution in [3.63, 3.8) is 0 Å². The van der Waals surface area contributed by atoms with Crippen molar-refractivity contribution in [2.45, 2.75) is 6.10 Å². The van der Waals surface area contributed by atoms with Crippen LogP contribution in [-0.2, 0) is 19.5 Å². The maximum atomic E-state index is 11.2. The lowest BCUT2D eigenvalue weighted by Gasteiger charge is -2.14. The molecule has 0 heterocycles. The van der Waals surface area contributed by atoms with E-state index in [9.17, 15) is 8.42 Å². The van der Waals surface area contributed by atoms with Crippen LogP contribution in [0.3, 0.4) is 0 Å². The second-order valence-corrected chi connectivity index (χ2v) is 4.97. The standard InChI is InChI=1S/C7H16ClNO4S/c1-12-6-7(13-2)5-9-14(10,11)4-3-8/h7,9H,3-6H2,1-2H3. The summed E-state index contributed by atoms with van der Waals surface area (Å²) in [6, 6.07) is 0. The third kappa shape index (κ3) is 6.56. The first-order chi connectivity index (χ1) is 6.55. The quantitative estimate of drug-likeness (QED) is 0.602. The van der Waals surface area contributed by atoms with E-state index in [0.717, 1.165) is 0 Å². The van der Waals surface area contributed by atoms with Crippen LogP contribution in [0.15, 0.2) is 0 Å². The molecule has 0 aromatic rings. The van der Waals surface area contributed by atoms with Gasteiger partial charge in [-0.2, -0.15) is 0 Å². The summed E-state index contributed by atoms with van der Waals surface area (Å²) in [7, 11) is -0.246. The van der Waals surface area contributed by atoms with Crippen LogP contribution in [0.2, 0.25) is 0 Å². The van der Waals surface area contributed by atoms with Gasteiger partial charge in [-0.05, 0) is 0 Å². The van der Waals surface area contributed by atoms with Crippen molar-refractivity contribution in [2.24, 2.45) is 0 Å². The van der Waals surface area contributed by atoms with Crippen LogP contribution in [0.4, 0.5) is 0 Å². The fourth-order valence-electron chi connectivity index (χ4n) is 0.790. The summed E-state index contributed by atoms with van der Waals surface area (Å²) in [5, 5.41) is 0. The molecule has 7 heteroatoms. The average Bonchev–Trinajstić information content (AvgIpc) is 2.12. The van der Waals surface area contributed by atoms with E-state index in [4.69, 9.17) is 21.1 Å². The Hall–Kier alpha value is 0.120. The molecule has 0 fully saturated rings. The average molecular weight is 246 g/mol. The molecule has 0 aliphatic rings. The first-order valence-electron chi connectivity index (χ1n) is 4.10. The van der Waals surface area contributed by atoms with Gasteiger partial charge in [0.05, 0.1) is 18.5 Å². The highest BCUT2D eigenvalue weighted by atomic mass is 35.5. The van der Waals surface area contributed by atoms with Gasteiger partial charge >= 0.3 is 0 Å². The zero-order chi connectivity index (χ0) is 11.0. The zero-order valence-electron chi connectivity index (χ0n) is 8.32. The Morgan fingerprint density at radius 3 is 2.50 bits per heavy atom. The molecule has 86 valence electrons. The molecule has 5 nitrogen and oxygen atoms in total. The highest BCUT2D eigenvalue weighted by Crippen LogP contribution is 1.92. The van der Waals surface area contributed by atoms with Gasteiger partial charge in [0.15, 0.2) is 0 Å². The van der Waals surface area contributed by atoms with E-state index in [1.54, 1.807) is 0 Å². The van der Waals surface area contributed by atoms with Gasteiger partial charge in [-0.25, -0.2) is 13.1 Å². The Kier molecular flexibility index (Phi) is 7.48. The molecule has 0 aromatic carbocycles. The van der Waals surface area contributed by atoms with Crippen molar-refractivity contribution in [2.75, 3.05) is 39.0 Å². The van der Waals surface area contributed by atoms with Gasteiger partial charge < -0.3 is 9.47 Å². The summed E-state index contributed by atoms with van der Waals surface area (Å²) >= 11 is 5.32. The molecule has 0 bridgehead atoms. The summed E-state index contributed by atoms with van der Waals surface area (Å²) in [4.78, 5) is 0. The number of nitrogens with one attached hydrogen (secondary N) is 1. The van der Waals surface area contributed by atoms with E-state index in [0.29, 0.717) is 6.61 Å². The van der Waals surface area contributed by atoms with Crippen molar-refractivity contribution in [3.8, 4) is 0 Å². The molecule has 0 spiro atoms. The summed E-state index contributed by atoms with van der Waals surface area (Å²) in [6.07, 6.45) is -0.273. The predicted octanol–water partition coefficient (Wildman–Crippen LogP) is -0.194. The third-order valence-corrected chi connectivity index (χ3v) is 3.32. The maximum Gasteiger partial charge on any atom is 0.212 e. The van der Waals surface area contributed by atoms with E-state index in [-0.39, 0.29) is 24.3 Å². The van der Waals surface area contributed by atoms with E-state index in [1.165, 1.54) is 14.2 Å². The minimum absolute atomic E-state index is 0.0806. The normalized spacial score (nSPS) is 14.2. The Bertz CT molecular complexity index is 232. The monoisotopic (exact) mass is 245 g/mol. The van der Waals surface area contributed by atoms with Crippen molar-refractivity contribution in [1.82, 2.24) is 4.72 Å². The van der Waals surface area contributed by atoms with Crippen molar-refractivity contribution >= 4 is 21.6 Å². The highest BCUT2D eigenvalue weighted by molar-refractivity contribution is 7.89. The summed E-state index contributed by atoms with van der Waals surface area (Å²) < 4.78 is 34.5. The van der Waals surface area contributed by atoms with Gasteiger partial charge in [-0.3, -0.25) is 0 Å². The SMILES string of the molecule is COCC(CNS(=O)(=O)CCCl)OC. The van der Waals surface area contributed by atoms with Gasteiger partial charge in [0, 0.05) is 26.6 Å². The molecule has 0 amide bonds. The topological polar surface area (TPSA) is 64.6 Å². The number of alkyl halides is 1. The lowest BCUT2D eigenvalue weighted by molar-refractivity contribution is 0.0320. The Labute approximate surface area is 89.8 Å². The molecule has 14 heavy (non-hydrogen) atoms. The van der Waals surface area contributed by atoms with Crippen LogP contribution >= 0.6 is 11.6 Å². The molecular formula is C7H16ClNO4S. The van der Waals surface area contributed by atoms with Gasteiger partial charge in [0.25, 0.3) is 0 Å². The fourth-order valence-corrected chi connectivity index (χ4v) is 2.19. The number of hydrogen-bond donors (Lipinski definition) is 1.